The Labute approximate surface area is 139 Å². The molecule has 0 aliphatic rings. The fourth-order valence-electron chi connectivity index (χ4n) is 1.97. The Bertz CT molecular complexity index is 830. The fourth-order valence-corrected chi connectivity index (χ4v) is 3.28. The second-order valence-corrected chi connectivity index (χ2v) is 6.62. The molecule has 0 fully saturated rings. The van der Waals surface area contributed by atoms with E-state index in [0.29, 0.717) is 11.4 Å². The second-order valence-electron chi connectivity index (χ2n) is 4.97. The first kappa shape index (κ1) is 17.6. The SMILES string of the molecule is COc1ccc(C)cc1S(=O)(=O)Nc1ccc(OCC(=O)O)cc1. The Morgan fingerprint density at radius 3 is 2.42 bits per heavy atom. The fraction of sp³-hybridized carbons (Fsp3) is 0.188. The largest absolute Gasteiger partial charge is 0.495 e. The van der Waals surface area contributed by atoms with Crippen molar-refractivity contribution in [3.63, 3.8) is 0 Å². The summed E-state index contributed by atoms with van der Waals surface area (Å²) in [6, 6.07) is 10.8. The first-order valence-corrected chi connectivity index (χ1v) is 8.42. The molecule has 7 nitrogen and oxygen atoms in total. The minimum absolute atomic E-state index is 0.0382. The Morgan fingerprint density at radius 2 is 1.83 bits per heavy atom. The van der Waals surface area contributed by atoms with Crippen LogP contribution in [0.1, 0.15) is 5.56 Å². The van der Waals surface area contributed by atoms with Crippen LogP contribution in [0.2, 0.25) is 0 Å². The third-order valence-corrected chi connectivity index (χ3v) is 4.48. The van der Waals surface area contributed by atoms with Crippen molar-refractivity contribution in [3.05, 3.63) is 48.0 Å². The number of carboxylic acid groups (broad SMARTS) is 1. The van der Waals surface area contributed by atoms with Gasteiger partial charge in [0, 0.05) is 5.69 Å². The summed E-state index contributed by atoms with van der Waals surface area (Å²) < 4.78 is 37.6. The van der Waals surface area contributed by atoms with Crippen LogP contribution in [0.25, 0.3) is 0 Å². The molecule has 0 aliphatic heterocycles. The van der Waals surface area contributed by atoms with Gasteiger partial charge < -0.3 is 14.6 Å². The summed E-state index contributed by atoms with van der Waals surface area (Å²) in [5, 5.41) is 8.55. The first-order valence-electron chi connectivity index (χ1n) is 6.94. The van der Waals surface area contributed by atoms with E-state index in [4.69, 9.17) is 14.6 Å². The number of benzene rings is 2. The predicted octanol–water partition coefficient (Wildman–Crippen LogP) is 2.27. The van der Waals surface area contributed by atoms with Crippen LogP contribution in [0.15, 0.2) is 47.4 Å². The van der Waals surface area contributed by atoms with Gasteiger partial charge in [-0.2, -0.15) is 0 Å². The number of carboxylic acids is 1. The zero-order valence-corrected chi connectivity index (χ0v) is 14.0. The van der Waals surface area contributed by atoms with E-state index in [0.717, 1.165) is 5.56 Å². The van der Waals surface area contributed by atoms with Gasteiger partial charge in [0.05, 0.1) is 7.11 Å². The summed E-state index contributed by atoms with van der Waals surface area (Å²) in [7, 11) is -2.43. The summed E-state index contributed by atoms with van der Waals surface area (Å²) in [6.07, 6.45) is 0. The van der Waals surface area contributed by atoms with Gasteiger partial charge in [-0.1, -0.05) is 6.07 Å². The minimum atomic E-state index is -3.83. The van der Waals surface area contributed by atoms with E-state index < -0.39 is 22.6 Å². The first-order chi connectivity index (χ1) is 11.3. The van der Waals surface area contributed by atoms with E-state index in [9.17, 15) is 13.2 Å². The van der Waals surface area contributed by atoms with Crippen molar-refractivity contribution in [2.45, 2.75) is 11.8 Å². The van der Waals surface area contributed by atoms with Crippen LogP contribution in [-0.2, 0) is 14.8 Å². The molecule has 0 saturated heterocycles. The molecule has 2 aromatic carbocycles. The maximum absolute atomic E-state index is 12.5. The number of nitrogens with one attached hydrogen (secondary N) is 1. The quantitative estimate of drug-likeness (QED) is 0.793. The molecule has 0 saturated carbocycles. The molecule has 2 rings (SSSR count). The van der Waals surface area contributed by atoms with Crippen LogP contribution in [0.3, 0.4) is 0 Å². The van der Waals surface area contributed by atoms with E-state index in [1.165, 1.54) is 37.4 Å². The van der Waals surface area contributed by atoms with Gasteiger partial charge in [0.25, 0.3) is 10.0 Å². The molecule has 0 heterocycles. The molecule has 0 spiro atoms. The summed E-state index contributed by atoms with van der Waals surface area (Å²) in [5.41, 5.74) is 1.11. The minimum Gasteiger partial charge on any atom is -0.495 e. The Hall–Kier alpha value is -2.74. The highest BCUT2D eigenvalue weighted by Gasteiger charge is 2.19. The highest BCUT2D eigenvalue weighted by atomic mass is 32.2. The molecule has 0 aromatic heterocycles. The number of sulfonamides is 1. The van der Waals surface area contributed by atoms with Gasteiger partial charge in [0.1, 0.15) is 16.4 Å². The topological polar surface area (TPSA) is 102 Å². The second kappa shape index (κ2) is 7.22. The Kier molecular flexibility index (Phi) is 5.30. The van der Waals surface area contributed by atoms with Gasteiger partial charge in [0.15, 0.2) is 6.61 Å². The standard InChI is InChI=1S/C16H17NO6S/c1-11-3-8-14(22-2)15(9-11)24(20,21)17-12-4-6-13(7-5-12)23-10-16(18)19/h3-9,17H,10H2,1-2H3,(H,18,19). The van der Waals surface area contributed by atoms with Crippen LogP contribution in [0, 0.1) is 6.92 Å². The molecule has 0 aliphatic carbocycles. The van der Waals surface area contributed by atoms with E-state index in [1.807, 2.05) is 0 Å². The molecule has 2 N–H and O–H groups in total. The summed E-state index contributed by atoms with van der Waals surface area (Å²) in [4.78, 5) is 10.5. The van der Waals surface area contributed by atoms with Crippen LogP contribution >= 0.6 is 0 Å². The van der Waals surface area contributed by atoms with Crippen LogP contribution < -0.4 is 14.2 Å². The normalized spacial score (nSPS) is 10.9. The maximum atomic E-state index is 12.5. The summed E-state index contributed by atoms with van der Waals surface area (Å²) in [5.74, 6) is -0.519. The lowest BCUT2D eigenvalue weighted by Gasteiger charge is -2.12. The zero-order chi connectivity index (χ0) is 17.7. The third-order valence-electron chi connectivity index (χ3n) is 3.08. The van der Waals surface area contributed by atoms with E-state index in [1.54, 1.807) is 19.1 Å². The van der Waals surface area contributed by atoms with Crippen molar-refractivity contribution < 1.29 is 27.8 Å². The number of anilines is 1. The monoisotopic (exact) mass is 351 g/mol. The lowest BCUT2D eigenvalue weighted by Crippen LogP contribution is -2.14. The van der Waals surface area contributed by atoms with Gasteiger partial charge in [-0.3, -0.25) is 4.72 Å². The van der Waals surface area contributed by atoms with E-state index in [2.05, 4.69) is 4.72 Å². The average molecular weight is 351 g/mol. The Balaban J connectivity index is 2.20. The number of hydrogen-bond donors (Lipinski definition) is 2. The molecule has 128 valence electrons. The molecular formula is C16H17NO6S. The molecule has 8 heteroatoms. The predicted molar refractivity (Wildman–Crippen MR) is 88.1 cm³/mol. The molecule has 0 unspecified atom stereocenters. The molecule has 0 amide bonds. The highest BCUT2D eigenvalue weighted by Crippen LogP contribution is 2.27. The third kappa shape index (κ3) is 4.39. The molecule has 24 heavy (non-hydrogen) atoms. The van der Waals surface area contributed by atoms with E-state index in [-0.39, 0.29) is 10.6 Å². The lowest BCUT2D eigenvalue weighted by molar-refractivity contribution is -0.139. The van der Waals surface area contributed by atoms with Gasteiger partial charge in [-0.15, -0.1) is 0 Å². The number of ether oxygens (including phenoxy) is 2. The van der Waals surface area contributed by atoms with E-state index >= 15 is 0 Å². The van der Waals surface area contributed by atoms with Crippen molar-refractivity contribution in [1.82, 2.24) is 0 Å². The molecule has 2 aromatic rings. The molecular weight excluding hydrogens is 334 g/mol. The average Bonchev–Trinajstić information content (AvgIpc) is 2.54. The Morgan fingerprint density at radius 1 is 1.17 bits per heavy atom. The number of hydrogen-bond acceptors (Lipinski definition) is 5. The van der Waals surface area contributed by atoms with Gasteiger partial charge in [0.2, 0.25) is 0 Å². The van der Waals surface area contributed by atoms with Crippen molar-refractivity contribution in [2.24, 2.45) is 0 Å². The smallest absolute Gasteiger partial charge is 0.341 e. The number of methoxy groups -OCH3 is 1. The molecule has 0 atom stereocenters. The van der Waals surface area contributed by atoms with Gasteiger partial charge in [-0.25, -0.2) is 13.2 Å². The number of aryl methyl sites for hydroxylation is 1. The number of aliphatic carboxylic acids is 1. The van der Waals surface area contributed by atoms with Crippen molar-refractivity contribution in [1.29, 1.82) is 0 Å². The van der Waals surface area contributed by atoms with Crippen LogP contribution in [0.4, 0.5) is 5.69 Å². The molecule has 0 bridgehead atoms. The zero-order valence-electron chi connectivity index (χ0n) is 13.1. The number of carbonyl (C=O) groups is 1. The van der Waals surface area contributed by atoms with Crippen LogP contribution in [-0.4, -0.2) is 33.2 Å². The van der Waals surface area contributed by atoms with Crippen LogP contribution in [0.5, 0.6) is 11.5 Å². The van der Waals surface area contributed by atoms with Gasteiger partial charge >= 0.3 is 5.97 Å². The highest BCUT2D eigenvalue weighted by molar-refractivity contribution is 7.92. The molecule has 0 radical (unpaired) electrons. The lowest BCUT2D eigenvalue weighted by atomic mass is 10.2. The number of rotatable bonds is 7. The maximum Gasteiger partial charge on any atom is 0.341 e. The van der Waals surface area contributed by atoms with Gasteiger partial charge in [-0.05, 0) is 48.9 Å². The van der Waals surface area contributed by atoms with Crippen molar-refractivity contribution in [3.8, 4) is 11.5 Å². The summed E-state index contributed by atoms with van der Waals surface area (Å²) in [6.45, 7) is 1.32. The van der Waals surface area contributed by atoms with Crippen molar-refractivity contribution in [2.75, 3.05) is 18.4 Å². The van der Waals surface area contributed by atoms with Crippen molar-refractivity contribution >= 4 is 21.7 Å². The summed E-state index contributed by atoms with van der Waals surface area (Å²) >= 11 is 0.